The Morgan fingerprint density at radius 3 is 2.42 bits per heavy atom. The third-order valence-electron chi connectivity index (χ3n) is 6.03. The molecule has 3 aromatic rings. The quantitative estimate of drug-likeness (QED) is 0.604. The Kier molecular flexibility index (Phi) is 7.07. The van der Waals surface area contributed by atoms with Gasteiger partial charge >= 0.3 is 0 Å². The molecule has 0 radical (unpaired) electrons. The number of carbonyl (C=O) groups excluding carboxylic acids is 2. The molecule has 2 aromatic carbocycles. The lowest BCUT2D eigenvalue weighted by atomic mass is 9.95. The average molecular weight is 447 g/mol. The number of halogens is 1. The minimum Gasteiger partial charge on any atom is -0.343 e. The van der Waals surface area contributed by atoms with Gasteiger partial charge in [0.25, 0.3) is 5.91 Å². The predicted molar refractivity (Wildman–Crippen MR) is 124 cm³/mol. The number of nitrogens with one attached hydrogen (secondary N) is 1. The van der Waals surface area contributed by atoms with Crippen molar-refractivity contribution in [2.24, 2.45) is 0 Å². The summed E-state index contributed by atoms with van der Waals surface area (Å²) in [5, 5.41) is 2.74. The third kappa shape index (κ3) is 5.80. The Morgan fingerprint density at radius 1 is 1.06 bits per heavy atom. The lowest BCUT2D eigenvalue weighted by Crippen LogP contribution is -2.38. The zero-order chi connectivity index (χ0) is 23.2. The molecule has 6 nitrogen and oxygen atoms in total. The smallest absolute Gasteiger partial charge is 0.259 e. The van der Waals surface area contributed by atoms with Gasteiger partial charge in [-0.2, -0.15) is 0 Å². The molecular weight excluding hydrogens is 419 g/mol. The molecule has 1 saturated heterocycles. The number of benzene rings is 2. The summed E-state index contributed by atoms with van der Waals surface area (Å²) in [6.07, 6.45) is 4.43. The highest BCUT2D eigenvalue weighted by Crippen LogP contribution is 2.26. The number of amides is 2. The van der Waals surface area contributed by atoms with Crippen LogP contribution in [0, 0.1) is 12.7 Å². The predicted octanol–water partition coefficient (Wildman–Crippen LogP) is 4.52. The maximum atomic E-state index is 13.1. The number of hydrogen-bond acceptors (Lipinski definition) is 4. The summed E-state index contributed by atoms with van der Waals surface area (Å²) in [5.41, 5.74) is 2.67. The zero-order valence-electron chi connectivity index (χ0n) is 18.6. The second-order valence-corrected chi connectivity index (χ2v) is 8.33. The Balaban J connectivity index is 1.31. The molecule has 0 unspecified atom stereocenters. The van der Waals surface area contributed by atoms with E-state index in [-0.39, 0.29) is 23.5 Å². The first kappa shape index (κ1) is 22.6. The maximum absolute atomic E-state index is 13.1. The summed E-state index contributed by atoms with van der Waals surface area (Å²) in [6, 6.07) is 15.6. The summed E-state index contributed by atoms with van der Waals surface area (Å²) >= 11 is 0. The van der Waals surface area contributed by atoms with Crippen LogP contribution in [-0.4, -0.2) is 39.8 Å². The largest absolute Gasteiger partial charge is 0.343 e. The van der Waals surface area contributed by atoms with Gasteiger partial charge in [0.15, 0.2) is 0 Å². The van der Waals surface area contributed by atoms with E-state index in [2.05, 4.69) is 15.3 Å². The van der Waals surface area contributed by atoms with Gasteiger partial charge in [-0.1, -0.05) is 30.3 Å². The Hall–Kier alpha value is -3.61. The number of anilines is 1. The van der Waals surface area contributed by atoms with Crippen molar-refractivity contribution in [2.75, 3.05) is 18.4 Å². The summed E-state index contributed by atoms with van der Waals surface area (Å²) in [6.45, 7) is 3.16. The van der Waals surface area contributed by atoms with Crippen LogP contribution in [0.15, 0.2) is 60.8 Å². The molecule has 2 amide bonds. The van der Waals surface area contributed by atoms with E-state index >= 15 is 0 Å². The minimum absolute atomic E-state index is 0.163. The van der Waals surface area contributed by atoms with Gasteiger partial charge in [0.2, 0.25) is 5.91 Å². The SMILES string of the molecule is Cc1nc(C2CCN(C(=O)CCc3ccccc3)CC2)ncc1C(=O)Nc1ccc(F)cc1. The number of carbonyl (C=O) groups is 2. The van der Waals surface area contributed by atoms with E-state index < -0.39 is 0 Å². The molecule has 1 fully saturated rings. The highest BCUT2D eigenvalue weighted by molar-refractivity contribution is 6.04. The second-order valence-electron chi connectivity index (χ2n) is 8.33. The van der Waals surface area contributed by atoms with Crippen molar-refractivity contribution >= 4 is 17.5 Å². The molecule has 4 rings (SSSR count). The van der Waals surface area contributed by atoms with Crippen LogP contribution in [0.2, 0.25) is 0 Å². The minimum atomic E-state index is -0.360. The first-order valence-corrected chi connectivity index (χ1v) is 11.2. The molecule has 0 saturated carbocycles. The van der Waals surface area contributed by atoms with Crippen molar-refractivity contribution in [3.63, 3.8) is 0 Å². The van der Waals surface area contributed by atoms with Gasteiger partial charge in [0.1, 0.15) is 11.6 Å². The molecule has 2 heterocycles. The molecule has 0 spiro atoms. The van der Waals surface area contributed by atoms with E-state index in [0.29, 0.717) is 42.3 Å². The van der Waals surface area contributed by atoms with E-state index in [4.69, 9.17) is 0 Å². The number of rotatable bonds is 6. The lowest BCUT2D eigenvalue weighted by molar-refractivity contribution is -0.132. The molecule has 33 heavy (non-hydrogen) atoms. The normalized spacial score (nSPS) is 14.2. The Bertz CT molecular complexity index is 1110. The van der Waals surface area contributed by atoms with Crippen molar-refractivity contribution in [3.8, 4) is 0 Å². The van der Waals surface area contributed by atoms with Gasteiger partial charge < -0.3 is 10.2 Å². The third-order valence-corrected chi connectivity index (χ3v) is 6.03. The number of nitrogens with zero attached hydrogens (tertiary/aromatic N) is 3. The van der Waals surface area contributed by atoms with Gasteiger partial charge in [-0.3, -0.25) is 9.59 Å². The number of piperidine rings is 1. The summed E-state index contributed by atoms with van der Waals surface area (Å²) in [7, 11) is 0. The van der Waals surface area contributed by atoms with Gasteiger partial charge in [-0.05, 0) is 56.0 Å². The average Bonchev–Trinajstić information content (AvgIpc) is 2.84. The molecule has 170 valence electrons. The van der Waals surface area contributed by atoms with Crippen LogP contribution < -0.4 is 5.32 Å². The van der Waals surface area contributed by atoms with Crippen LogP contribution in [0.3, 0.4) is 0 Å². The molecule has 1 aliphatic heterocycles. The first-order valence-electron chi connectivity index (χ1n) is 11.2. The van der Waals surface area contributed by atoms with E-state index in [0.717, 1.165) is 19.3 Å². The second kappa shape index (κ2) is 10.3. The Morgan fingerprint density at radius 2 is 1.76 bits per heavy atom. The number of aryl methyl sites for hydroxylation is 2. The van der Waals surface area contributed by atoms with Crippen molar-refractivity contribution in [2.45, 2.75) is 38.5 Å². The summed E-state index contributed by atoms with van der Waals surface area (Å²) in [4.78, 5) is 36.1. The lowest BCUT2D eigenvalue weighted by Gasteiger charge is -2.31. The number of aromatic nitrogens is 2. The molecule has 1 N–H and O–H groups in total. The van der Waals surface area contributed by atoms with E-state index in [1.807, 2.05) is 35.2 Å². The van der Waals surface area contributed by atoms with Crippen LogP contribution in [0.5, 0.6) is 0 Å². The molecular formula is C26H27FN4O2. The van der Waals surface area contributed by atoms with Crippen LogP contribution in [0.1, 0.15) is 52.6 Å². The number of hydrogen-bond donors (Lipinski definition) is 1. The van der Waals surface area contributed by atoms with Crippen molar-refractivity contribution < 1.29 is 14.0 Å². The number of likely N-dealkylation sites (tertiary alicyclic amines) is 1. The Labute approximate surface area is 192 Å². The maximum Gasteiger partial charge on any atom is 0.259 e. The monoisotopic (exact) mass is 446 g/mol. The molecule has 0 aliphatic carbocycles. The molecule has 0 atom stereocenters. The van der Waals surface area contributed by atoms with Gasteiger partial charge in [0, 0.05) is 37.3 Å². The first-order chi connectivity index (χ1) is 16.0. The van der Waals surface area contributed by atoms with Gasteiger partial charge in [-0.15, -0.1) is 0 Å². The zero-order valence-corrected chi connectivity index (χ0v) is 18.6. The molecule has 1 aromatic heterocycles. The van der Waals surface area contributed by atoms with Crippen LogP contribution >= 0.6 is 0 Å². The fourth-order valence-corrected chi connectivity index (χ4v) is 4.08. The standard InChI is InChI=1S/C26H27FN4O2/c1-18-23(26(33)30-22-10-8-21(27)9-11-22)17-28-25(29-18)20-13-15-31(16-14-20)24(32)12-7-19-5-3-2-4-6-19/h2-6,8-11,17,20H,7,12-16H2,1H3,(H,30,33). The van der Waals surface area contributed by atoms with E-state index in [1.54, 1.807) is 13.1 Å². The van der Waals surface area contributed by atoms with E-state index in [1.165, 1.54) is 29.8 Å². The van der Waals surface area contributed by atoms with Gasteiger partial charge in [-0.25, -0.2) is 14.4 Å². The van der Waals surface area contributed by atoms with Crippen molar-refractivity contribution in [1.29, 1.82) is 0 Å². The highest BCUT2D eigenvalue weighted by atomic mass is 19.1. The summed E-state index contributed by atoms with van der Waals surface area (Å²) in [5.74, 6) is 0.366. The van der Waals surface area contributed by atoms with Crippen molar-refractivity contribution in [3.05, 3.63) is 89.3 Å². The van der Waals surface area contributed by atoms with Crippen LogP contribution in [0.4, 0.5) is 10.1 Å². The highest BCUT2D eigenvalue weighted by Gasteiger charge is 2.26. The molecule has 1 aliphatic rings. The fourth-order valence-electron chi connectivity index (χ4n) is 4.08. The van der Waals surface area contributed by atoms with Gasteiger partial charge in [0.05, 0.1) is 11.3 Å². The van der Waals surface area contributed by atoms with E-state index in [9.17, 15) is 14.0 Å². The topological polar surface area (TPSA) is 75.2 Å². The van der Waals surface area contributed by atoms with Crippen molar-refractivity contribution in [1.82, 2.24) is 14.9 Å². The van der Waals surface area contributed by atoms with Crippen LogP contribution in [-0.2, 0) is 11.2 Å². The summed E-state index contributed by atoms with van der Waals surface area (Å²) < 4.78 is 13.1. The molecule has 7 heteroatoms. The molecule has 0 bridgehead atoms. The fraction of sp³-hybridized carbons (Fsp3) is 0.308. The van der Waals surface area contributed by atoms with Crippen LogP contribution in [0.25, 0.3) is 0 Å².